The van der Waals surface area contributed by atoms with Gasteiger partial charge < -0.3 is 10.6 Å². The van der Waals surface area contributed by atoms with Gasteiger partial charge in [-0.3, -0.25) is 9.48 Å². The number of carbonyl (C=O) groups is 1. The molecule has 1 fully saturated rings. The highest BCUT2D eigenvalue weighted by molar-refractivity contribution is 5.85. The Balaban J connectivity index is 0.00000144. The van der Waals surface area contributed by atoms with Crippen LogP contribution in [-0.2, 0) is 11.3 Å². The molecule has 1 unspecified atom stereocenters. The lowest BCUT2D eigenvalue weighted by molar-refractivity contribution is -0.122. The Kier molecular flexibility index (Phi) is 5.93. The van der Waals surface area contributed by atoms with Gasteiger partial charge in [-0.1, -0.05) is 0 Å². The Bertz CT molecular complexity index is 323. The maximum atomic E-state index is 11.6. The van der Waals surface area contributed by atoms with Crippen LogP contribution in [-0.4, -0.2) is 39.8 Å². The van der Waals surface area contributed by atoms with Crippen molar-refractivity contribution in [2.45, 2.75) is 31.8 Å². The van der Waals surface area contributed by atoms with E-state index in [9.17, 15) is 4.79 Å². The Labute approximate surface area is 107 Å². The highest BCUT2D eigenvalue weighted by Crippen LogP contribution is 2.01. The van der Waals surface area contributed by atoms with Gasteiger partial charge in [-0.05, 0) is 19.4 Å². The molecule has 1 saturated heterocycles. The molecule has 1 aliphatic heterocycles. The van der Waals surface area contributed by atoms with Crippen molar-refractivity contribution in [3.63, 3.8) is 0 Å². The topological polar surface area (TPSA) is 71.8 Å². The van der Waals surface area contributed by atoms with Gasteiger partial charge in [-0.2, -0.15) is 5.10 Å². The third-order valence-corrected chi connectivity index (χ3v) is 2.70. The number of nitrogens with one attached hydrogen (secondary N) is 2. The molecule has 0 radical (unpaired) electrons. The molecule has 0 aliphatic carbocycles. The highest BCUT2D eigenvalue weighted by Gasteiger charge is 2.14. The summed E-state index contributed by atoms with van der Waals surface area (Å²) in [6.07, 6.45) is 5.76. The first-order valence-corrected chi connectivity index (χ1v) is 5.67. The summed E-state index contributed by atoms with van der Waals surface area (Å²) < 4.78 is 1.67. The van der Waals surface area contributed by atoms with Crippen molar-refractivity contribution in [2.24, 2.45) is 0 Å². The number of carbonyl (C=O) groups excluding carboxylic acids is 1. The van der Waals surface area contributed by atoms with E-state index in [1.807, 2.05) is 0 Å². The fourth-order valence-corrected chi connectivity index (χ4v) is 1.84. The van der Waals surface area contributed by atoms with Gasteiger partial charge in [-0.25, -0.2) is 4.98 Å². The molecule has 2 heterocycles. The summed E-state index contributed by atoms with van der Waals surface area (Å²) in [6, 6.07) is 0.289. The van der Waals surface area contributed by atoms with Crippen LogP contribution in [0.3, 0.4) is 0 Å². The van der Waals surface area contributed by atoms with Crippen LogP contribution >= 0.6 is 12.4 Å². The van der Waals surface area contributed by atoms with E-state index < -0.39 is 0 Å². The Morgan fingerprint density at radius 1 is 1.59 bits per heavy atom. The fourth-order valence-electron chi connectivity index (χ4n) is 1.84. The number of piperidine rings is 1. The standard InChI is InChI=1S/C10H17N5O.ClH/c16-10(3-5-15-8-12-7-13-15)14-9-2-1-4-11-6-9;/h7-9,11H,1-6H2,(H,14,16);1H. The number of rotatable bonds is 4. The third kappa shape index (κ3) is 4.70. The van der Waals surface area contributed by atoms with Crippen LogP contribution in [0.2, 0.25) is 0 Å². The van der Waals surface area contributed by atoms with Gasteiger partial charge in [0.05, 0.1) is 6.54 Å². The lowest BCUT2D eigenvalue weighted by atomic mass is 10.1. The van der Waals surface area contributed by atoms with Gasteiger partial charge in [0.2, 0.25) is 5.91 Å². The summed E-state index contributed by atoms with van der Waals surface area (Å²) in [5.41, 5.74) is 0. The average Bonchev–Trinajstić information content (AvgIpc) is 2.81. The summed E-state index contributed by atoms with van der Waals surface area (Å²) >= 11 is 0. The Morgan fingerprint density at radius 3 is 3.12 bits per heavy atom. The van der Waals surface area contributed by atoms with E-state index in [4.69, 9.17) is 0 Å². The highest BCUT2D eigenvalue weighted by atomic mass is 35.5. The van der Waals surface area contributed by atoms with E-state index in [2.05, 4.69) is 20.7 Å². The largest absolute Gasteiger partial charge is 0.352 e. The molecule has 2 N–H and O–H groups in total. The van der Waals surface area contributed by atoms with Crippen molar-refractivity contribution in [2.75, 3.05) is 13.1 Å². The molecule has 1 aliphatic rings. The van der Waals surface area contributed by atoms with Gasteiger partial charge in [0.25, 0.3) is 0 Å². The second-order valence-electron chi connectivity index (χ2n) is 4.02. The van der Waals surface area contributed by atoms with Gasteiger partial charge in [0, 0.05) is 19.0 Å². The van der Waals surface area contributed by atoms with Crippen LogP contribution in [0.15, 0.2) is 12.7 Å². The monoisotopic (exact) mass is 259 g/mol. The molecule has 7 heteroatoms. The molecular formula is C10H18ClN5O. The van der Waals surface area contributed by atoms with Gasteiger partial charge >= 0.3 is 0 Å². The predicted octanol–water partition coefficient (Wildman–Crippen LogP) is -0.0418. The first-order valence-electron chi connectivity index (χ1n) is 5.67. The average molecular weight is 260 g/mol. The van der Waals surface area contributed by atoms with Crippen molar-refractivity contribution >= 4 is 18.3 Å². The van der Waals surface area contributed by atoms with Gasteiger partial charge in [-0.15, -0.1) is 12.4 Å². The van der Waals surface area contributed by atoms with Gasteiger partial charge in [0.1, 0.15) is 12.7 Å². The molecule has 0 saturated carbocycles. The van der Waals surface area contributed by atoms with Crippen LogP contribution < -0.4 is 10.6 Å². The first kappa shape index (κ1) is 13.9. The van der Waals surface area contributed by atoms with E-state index in [0.717, 1.165) is 25.9 Å². The molecule has 0 spiro atoms. The second kappa shape index (κ2) is 7.24. The number of nitrogens with zero attached hydrogens (tertiary/aromatic N) is 3. The maximum Gasteiger partial charge on any atom is 0.222 e. The van der Waals surface area contributed by atoms with Crippen LogP contribution in [0, 0.1) is 0 Å². The normalized spacial score (nSPS) is 19.4. The number of hydrogen-bond acceptors (Lipinski definition) is 4. The summed E-state index contributed by atoms with van der Waals surface area (Å²) in [7, 11) is 0. The van der Waals surface area contributed by atoms with Gasteiger partial charge in [0.15, 0.2) is 0 Å². The quantitative estimate of drug-likeness (QED) is 0.796. The van der Waals surface area contributed by atoms with Crippen LogP contribution in [0.1, 0.15) is 19.3 Å². The zero-order valence-corrected chi connectivity index (χ0v) is 10.4. The zero-order chi connectivity index (χ0) is 11.2. The van der Waals surface area contributed by atoms with Crippen LogP contribution in [0.5, 0.6) is 0 Å². The van der Waals surface area contributed by atoms with E-state index in [-0.39, 0.29) is 24.4 Å². The van der Waals surface area contributed by atoms with E-state index in [0.29, 0.717) is 13.0 Å². The van der Waals surface area contributed by atoms with Crippen molar-refractivity contribution < 1.29 is 4.79 Å². The maximum absolute atomic E-state index is 11.6. The summed E-state index contributed by atoms with van der Waals surface area (Å²) in [6.45, 7) is 2.53. The van der Waals surface area contributed by atoms with Crippen LogP contribution in [0.4, 0.5) is 0 Å². The number of aromatic nitrogens is 3. The molecular weight excluding hydrogens is 242 g/mol. The second-order valence-corrected chi connectivity index (χ2v) is 4.02. The van der Waals surface area contributed by atoms with E-state index in [1.165, 1.54) is 6.33 Å². The predicted molar refractivity (Wildman–Crippen MR) is 65.9 cm³/mol. The summed E-state index contributed by atoms with van der Waals surface area (Å²) in [5, 5.41) is 10.2. The Morgan fingerprint density at radius 2 is 2.47 bits per heavy atom. The first-order chi connectivity index (χ1) is 7.84. The fraction of sp³-hybridized carbons (Fsp3) is 0.700. The lowest BCUT2D eigenvalue weighted by Gasteiger charge is -2.23. The zero-order valence-electron chi connectivity index (χ0n) is 9.63. The third-order valence-electron chi connectivity index (χ3n) is 2.70. The van der Waals surface area contributed by atoms with Crippen molar-refractivity contribution in [3.8, 4) is 0 Å². The minimum absolute atomic E-state index is 0. The SMILES string of the molecule is Cl.O=C(CCn1cncn1)NC1CCCNC1. The molecule has 1 aromatic heterocycles. The molecule has 2 rings (SSSR count). The minimum atomic E-state index is 0. The molecule has 6 nitrogen and oxygen atoms in total. The minimum Gasteiger partial charge on any atom is -0.352 e. The molecule has 96 valence electrons. The number of amides is 1. The van der Waals surface area contributed by atoms with Crippen LogP contribution in [0.25, 0.3) is 0 Å². The lowest BCUT2D eigenvalue weighted by Crippen LogP contribution is -2.45. The molecule has 1 atom stereocenters. The molecule has 0 aromatic carbocycles. The molecule has 1 aromatic rings. The van der Waals surface area contributed by atoms with Crippen molar-refractivity contribution in [1.82, 2.24) is 25.4 Å². The van der Waals surface area contributed by atoms with E-state index >= 15 is 0 Å². The number of halogens is 1. The van der Waals surface area contributed by atoms with E-state index in [1.54, 1.807) is 11.0 Å². The molecule has 0 bridgehead atoms. The molecule has 1 amide bonds. The smallest absolute Gasteiger partial charge is 0.222 e. The number of hydrogen-bond donors (Lipinski definition) is 2. The van der Waals surface area contributed by atoms with Crippen molar-refractivity contribution in [1.29, 1.82) is 0 Å². The van der Waals surface area contributed by atoms with Crippen molar-refractivity contribution in [3.05, 3.63) is 12.7 Å². The molecule has 17 heavy (non-hydrogen) atoms. The summed E-state index contributed by atoms with van der Waals surface area (Å²) in [5.74, 6) is 0.0872. The summed E-state index contributed by atoms with van der Waals surface area (Å²) in [4.78, 5) is 15.4. The number of aryl methyl sites for hydroxylation is 1. The Hall–Kier alpha value is -1.14.